The second kappa shape index (κ2) is 9.83. The standard InChI is InChI=1S/C36H40N2/c1-25(35(2,3)33-28-18-13-11-16-26(28)21-23-30(33)37-6)15-9-8-10-20-32-36(4,5)34-29-19-14-12-17-27(29)22-24-31(34)38(32)7/h8-25,37H,1-7H3/b10-8+,15-9+,32-20+. The summed E-state index contributed by atoms with van der Waals surface area (Å²) in [7, 11) is 4.20. The second-order valence-electron chi connectivity index (χ2n) is 11.7. The number of hydrogen-bond acceptors (Lipinski definition) is 2. The van der Waals surface area contributed by atoms with Gasteiger partial charge in [-0.2, -0.15) is 0 Å². The van der Waals surface area contributed by atoms with Gasteiger partial charge in [-0.15, -0.1) is 0 Å². The molecular formula is C36H40N2. The summed E-state index contributed by atoms with van der Waals surface area (Å²) in [5.74, 6) is 0.346. The highest BCUT2D eigenvalue weighted by Crippen LogP contribution is 2.50. The second-order valence-corrected chi connectivity index (χ2v) is 11.7. The highest BCUT2D eigenvalue weighted by Gasteiger charge is 2.39. The van der Waals surface area contributed by atoms with E-state index in [1.54, 1.807) is 0 Å². The Morgan fingerprint density at radius 3 is 2.16 bits per heavy atom. The summed E-state index contributed by atoms with van der Waals surface area (Å²) in [4.78, 5) is 2.35. The molecule has 1 heterocycles. The predicted octanol–water partition coefficient (Wildman–Crippen LogP) is 9.37. The lowest BCUT2D eigenvalue weighted by Gasteiger charge is -2.33. The molecule has 0 radical (unpaired) electrons. The van der Waals surface area contributed by atoms with E-state index >= 15 is 0 Å². The number of nitrogens with zero attached hydrogens (tertiary/aromatic N) is 1. The number of rotatable bonds is 6. The highest BCUT2D eigenvalue weighted by atomic mass is 15.2. The lowest BCUT2D eigenvalue weighted by molar-refractivity contribution is 0.414. The number of nitrogens with one attached hydrogen (secondary N) is 1. The summed E-state index contributed by atoms with van der Waals surface area (Å²) < 4.78 is 0. The van der Waals surface area contributed by atoms with Gasteiger partial charge in [0.1, 0.15) is 0 Å². The molecule has 0 bridgehead atoms. The van der Waals surface area contributed by atoms with Gasteiger partial charge in [0, 0.05) is 36.6 Å². The normalized spacial score (nSPS) is 17.2. The maximum Gasteiger partial charge on any atom is 0.0454 e. The fourth-order valence-electron chi connectivity index (χ4n) is 6.28. The molecule has 1 atom stereocenters. The molecule has 0 saturated carbocycles. The van der Waals surface area contributed by atoms with Gasteiger partial charge in [-0.05, 0) is 62.2 Å². The Hall–Kier alpha value is -3.78. The molecule has 38 heavy (non-hydrogen) atoms. The smallest absolute Gasteiger partial charge is 0.0454 e. The van der Waals surface area contributed by atoms with Crippen molar-refractivity contribution in [3.63, 3.8) is 0 Å². The van der Waals surface area contributed by atoms with Crippen molar-refractivity contribution in [3.8, 4) is 0 Å². The summed E-state index contributed by atoms with van der Waals surface area (Å²) in [5, 5.41) is 8.69. The van der Waals surface area contributed by atoms with E-state index in [1.807, 2.05) is 7.05 Å². The van der Waals surface area contributed by atoms with Crippen LogP contribution in [0.15, 0.2) is 109 Å². The van der Waals surface area contributed by atoms with Crippen molar-refractivity contribution in [2.45, 2.75) is 45.4 Å². The third kappa shape index (κ3) is 4.22. The minimum Gasteiger partial charge on any atom is -0.388 e. The zero-order valence-corrected chi connectivity index (χ0v) is 23.8. The van der Waals surface area contributed by atoms with E-state index in [9.17, 15) is 0 Å². The van der Waals surface area contributed by atoms with Gasteiger partial charge in [0.2, 0.25) is 0 Å². The molecule has 0 saturated heterocycles. The van der Waals surface area contributed by atoms with Gasteiger partial charge in [0.25, 0.3) is 0 Å². The van der Waals surface area contributed by atoms with Crippen molar-refractivity contribution in [2.24, 2.45) is 5.92 Å². The number of likely N-dealkylation sites (N-methyl/N-ethyl adjacent to an activating group) is 1. The zero-order chi connectivity index (χ0) is 27.1. The summed E-state index contributed by atoms with van der Waals surface area (Å²) in [6.45, 7) is 11.7. The first-order valence-electron chi connectivity index (χ1n) is 13.7. The van der Waals surface area contributed by atoms with Crippen LogP contribution in [0.2, 0.25) is 0 Å². The van der Waals surface area contributed by atoms with Crippen molar-refractivity contribution < 1.29 is 0 Å². The van der Waals surface area contributed by atoms with Gasteiger partial charge in [-0.1, -0.05) is 120 Å². The maximum atomic E-state index is 3.44. The van der Waals surface area contributed by atoms with Crippen LogP contribution < -0.4 is 10.2 Å². The minimum atomic E-state index is -0.0633. The lowest BCUT2D eigenvalue weighted by Crippen LogP contribution is -2.26. The van der Waals surface area contributed by atoms with Crippen LogP contribution >= 0.6 is 0 Å². The minimum absolute atomic E-state index is 0.0433. The van der Waals surface area contributed by atoms with Gasteiger partial charge in [0.05, 0.1) is 0 Å². The monoisotopic (exact) mass is 500 g/mol. The number of allylic oxidation sites excluding steroid dienone is 6. The molecular weight excluding hydrogens is 460 g/mol. The largest absolute Gasteiger partial charge is 0.388 e. The topological polar surface area (TPSA) is 15.3 Å². The zero-order valence-electron chi connectivity index (χ0n) is 23.8. The Labute approximate surface area is 228 Å². The molecule has 1 N–H and O–H groups in total. The number of hydrogen-bond donors (Lipinski definition) is 1. The average Bonchev–Trinajstić information content (AvgIpc) is 3.12. The van der Waals surface area contributed by atoms with Crippen LogP contribution in [0.4, 0.5) is 11.4 Å². The molecule has 4 aromatic rings. The molecule has 194 valence electrons. The number of fused-ring (bicyclic) bond motifs is 4. The van der Waals surface area contributed by atoms with E-state index in [-0.39, 0.29) is 10.8 Å². The van der Waals surface area contributed by atoms with E-state index in [0.717, 1.165) is 0 Å². The van der Waals surface area contributed by atoms with Crippen LogP contribution in [0, 0.1) is 5.92 Å². The molecule has 1 unspecified atom stereocenters. The highest BCUT2D eigenvalue weighted by molar-refractivity contribution is 5.95. The van der Waals surface area contributed by atoms with Crippen LogP contribution in [0.5, 0.6) is 0 Å². The summed E-state index contributed by atoms with van der Waals surface area (Å²) >= 11 is 0. The first kappa shape index (κ1) is 25.9. The van der Waals surface area contributed by atoms with Crippen molar-refractivity contribution in [1.29, 1.82) is 0 Å². The molecule has 1 aliphatic heterocycles. The van der Waals surface area contributed by atoms with Crippen LogP contribution in [0.3, 0.4) is 0 Å². The number of benzene rings is 4. The Morgan fingerprint density at radius 1 is 0.816 bits per heavy atom. The summed E-state index contributed by atoms with van der Waals surface area (Å²) in [6, 6.07) is 26.3. The predicted molar refractivity (Wildman–Crippen MR) is 167 cm³/mol. The SMILES string of the molecule is CNc1ccc2ccccc2c1C(C)(C)C(C)/C=C/C=C/C=C1/N(C)c2ccc3ccccc3c2C1(C)C. The van der Waals surface area contributed by atoms with Crippen molar-refractivity contribution in [3.05, 3.63) is 120 Å². The van der Waals surface area contributed by atoms with E-state index in [1.165, 1.54) is 49.7 Å². The first-order chi connectivity index (χ1) is 18.2. The molecule has 0 fully saturated rings. The van der Waals surface area contributed by atoms with E-state index in [2.05, 4.69) is 155 Å². The fraction of sp³-hybridized carbons (Fsp3) is 0.278. The van der Waals surface area contributed by atoms with E-state index in [4.69, 9.17) is 0 Å². The lowest BCUT2D eigenvalue weighted by atomic mass is 9.71. The third-order valence-corrected chi connectivity index (χ3v) is 8.75. The Morgan fingerprint density at radius 2 is 1.45 bits per heavy atom. The molecule has 5 rings (SSSR count). The molecule has 0 amide bonds. The Kier molecular flexibility index (Phi) is 6.69. The molecule has 0 spiro atoms. The molecule has 2 nitrogen and oxygen atoms in total. The van der Waals surface area contributed by atoms with Gasteiger partial charge in [-0.25, -0.2) is 0 Å². The van der Waals surface area contributed by atoms with Crippen LogP contribution in [-0.2, 0) is 10.8 Å². The molecule has 0 aromatic heterocycles. The molecule has 0 aliphatic carbocycles. The van der Waals surface area contributed by atoms with Crippen molar-refractivity contribution >= 4 is 32.9 Å². The van der Waals surface area contributed by atoms with Crippen LogP contribution in [-0.4, -0.2) is 14.1 Å². The third-order valence-electron chi connectivity index (χ3n) is 8.75. The van der Waals surface area contributed by atoms with Crippen LogP contribution in [0.25, 0.3) is 21.5 Å². The fourth-order valence-corrected chi connectivity index (χ4v) is 6.28. The first-order valence-corrected chi connectivity index (χ1v) is 13.7. The van der Waals surface area contributed by atoms with E-state index < -0.39 is 0 Å². The van der Waals surface area contributed by atoms with Crippen molar-refractivity contribution in [2.75, 3.05) is 24.3 Å². The van der Waals surface area contributed by atoms with Gasteiger partial charge >= 0.3 is 0 Å². The van der Waals surface area contributed by atoms with E-state index in [0.29, 0.717) is 5.92 Å². The van der Waals surface area contributed by atoms with Crippen LogP contribution in [0.1, 0.15) is 45.7 Å². The Bertz CT molecular complexity index is 1580. The molecule has 2 heteroatoms. The van der Waals surface area contributed by atoms with Gasteiger partial charge in [-0.3, -0.25) is 0 Å². The molecule has 1 aliphatic rings. The quantitative estimate of drug-likeness (QED) is 0.265. The average molecular weight is 501 g/mol. The summed E-state index contributed by atoms with van der Waals surface area (Å²) in [6.07, 6.45) is 11.2. The van der Waals surface area contributed by atoms with Gasteiger partial charge < -0.3 is 10.2 Å². The van der Waals surface area contributed by atoms with Crippen molar-refractivity contribution in [1.82, 2.24) is 0 Å². The summed E-state index contributed by atoms with van der Waals surface area (Å²) in [5.41, 5.74) is 6.50. The Balaban J connectivity index is 1.40. The number of anilines is 2. The maximum absolute atomic E-state index is 3.44. The van der Waals surface area contributed by atoms with Gasteiger partial charge in [0.15, 0.2) is 0 Å². The molecule has 4 aromatic carbocycles.